The third-order valence-electron chi connectivity index (χ3n) is 4.88. The first-order valence-electron chi connectivity index (χ1n) is 9.11. The highest BCUT2D eigenvalue weighted by atomic mass is 32.2. The Hall–Kier alpha value is -2.71. The van der Waals surface area contributed by atoms with Crippen LogP contribution in [-0.2, 0) is 10.0 Å². The smallest absolute Gasteiger partial charge is 0.243 e. The fourth-order valence-electron chi connectivity index (χ4n) is 3.38. The van der Waals surface area contributed by atoms with Gasteiger partial charge >= 0.3 is 0 Å². The van der Waals surface area contributed by atoms with Crippen LogP contribution in [0.25, 0.3) is 11.4 Å². The highest BCUT2D eigenvalue weighted by Gasteiger charge is 2.33. The molecule has 1 saturated heterocycles. The van der Waals surface area contributed by atoms with Gasteiger partial charge in [0.2, 0.25) is 21.7 Å². The van der Waals surface area contributed by atoms with Crippen molar-refractivity contribution in [3.05, 3.63) is 60.5 Å². The largest absolute Gasteiger partial charge is 0.497 e. The van der Waals surface area contributed by atoms with Gasteiger partial charge in [0.05, 0.1) is 17.9 Å². The average Bonchev–Trinajstić information content (AvgIpc) is 3.25. The van der Waals surface area contributed by atoms with E-state index in [9.17, 15) is 8.42 Å². The van der Waals surface area contributed by atoms with Crippen LogP contribution in [-0.4, -0.2) is 43.1 Å². The van der Waals surface area contributed by atoms with Gasteiger partial charge in [-0.25, -0.2) is 8.42 Å². The van der Waals surface area contributed by atoms with Gasteiger partial charge in [-0.3, -0.25) is 0 Å². The maximum atomic E-state index is 12.9. The highest BCUT2D eigenvalue weighted by molar-refractivity contribution is 7.89. The van der Waals surface area contributed by atoms with Crippen LogP contribution in [0.5, 0.6) is 5.75 Å². The van der Waals surface area contributed by atoms with E-state index in [1.165, 1.54) is 4.31 Å². The van der Waals surface area contributed by atoms with Crippen molar-refractivity contribution in [1.29, 1.82) is 0 Å². The Kier molecular flexibility index (Phi) is 5.15. The minimum absolute atomic E-state index is 0.126. The van der Waals surface area contributed by atoms with E-state index in [1.54, 1.807) is 37.4 Å². The zero-order valence-electron chi connectivity index (χ0n) is 15.5. The van der Waals surface area contributed by atoms with Crippen LogP contribution in [0.15, 0.2) is 64.0 Å². The van der Waals surface area contributed by atoms with Gasteiger partial charge in [0.25, 0.3) is 0 Å². The van der Waals surface area contributed by atoms with Gasteiger partial charge in [-0.1, -0.05) is 35.5 Å². The molecule has 2 heterocycles. The van der Waals surface area contributed by atoms with Gasteiger partial charge in [-0.2, -0.15) is 9.29 Å². The summed E-state index contributed by atoms with van der Waals surface area (Å²) < 4.78 is 38.0. The Labute approximate surface area is 164 Å². The zero-order chi connectivity index (χ0) is 19.6. The summed E-state index contributed by atoms with van der Waals surface area (Å²) in [5, 5.41) is 4.07. The molecule has 7 nitrogen and oxygen atoms in total. The molecule has 2 aromatic carbocycles. The quantitative estimate of drug-likeness (QED) is 0.654. The average molecular weight is 399 g/mol. The lowest BCUT2D eigenvalue weighted by Crippen LogP contribution is -2.39. The number of methoxy groups -OCH3 is 1. The summed E-state index contributed by atoms with van der Waals surface area (Å²) in [5.41, 5.74) is 0.791. The Morgan fingerprint density at radius 2 is 1.96 bits per heavy atom. The molecule has 0 saturated carbocycles. The summed E-state index contributed by atoms with van der Waals surface area (Å²) >= 11 is 0. The number of hydrogen-bond acceptors (Lipinski definition) is 6. The topological polar surface area (TPSA) is 85.5 Å². The van der Waals surface area contributed by atoms with Gasteiger partial charge in [0, 0.05) is 18.7 Å². The molecule has 0 bridgehead atoms. The van der Waals surface area contributed by atoms with E-state index < -0.39 is 10.0 Å². The van der Waals surface area contributed by atoms with Crippen LogP contribution in [0.3, 0.4) is 0 Å². The Bertz CT molecular complexity index is 1050. The number of piperidine rings is 1. The first-order valence-corrected chi connectivity index (χ1v) is 10.5. The molecular formula is C20H21N3O4S. The van der Waals surface area contributed by atoms with Crippen LogP contribution in [0.1, 0.15) is 24.7 Å². The van der Waals surface area contributed by atoms with E-state index in [4.69, 9.17) is 9.26 Å². The lowest BCUT2D eigenvalue weighted by atomic mass is 10.00. The van der Waals surface area contributed by atoms with Gasteiger partial charge in [-0.15, -0.1) is 0 Å². The molecular weight excluding hydrogens is 378 g/mol. The molecule has 1 aliphatic rings. The van der Waals surface area contributed by atoms with Crippen LogP contribution >= 0.6 is 0 Å². The maximum Gasteiger partial charge on any atom is 0.243 e. The van der Waals surface area contributed by atoms with Gasteiger partial charge in [-0.05, 0) is 37.1 Å². The number of nitrogens with zero attached hydrogens (tertiary/aromatic N) is 3. The van der Waals surface area contributed by atoms with Crippen LogP contribution in [0.2, 0.25) is 0 Å². The summed E-state index contributed by atoms with van der Waals surface area (Å²) in [4.78, 5) is 4.82. The fraction of sp³-hybridized carbons (Fsp3) is 0.300. The number of sulfonamides is 1. The fourth-order valence-corrected chi connectivity index (χ4v) is 4.93. The number of benzene rings is 2. The van der Waals surface area contributed by atoms with Crippen LogP contribution in [0.4, 0.5) is 0 Å². The van der Waals surface area contributed by atoms with Crippen molar-refractivity contribution >= 4 is 10.0 Å². The molecule has 0 radical (unpaired) electrons. The van der Waals surface area contributed by atoms with Crippen molar-refractivity contribution in [2.24, 2.45) is 0 Å². The molecule has 146 valence electrons. The molecule has 0 spiro atoms. The number of hydrogen-bond donors (Lipinski definition) is 0. The van der Waals surface area contributed by atoms with Crippen molar-refractivity contribution in [3.8, 4) is 17.1 Å². The zero-order valence-corrected chi connectivity index (χ0v) is 16.3. The molecule has 0 unspecified atom stereocenters. The van der Waals surface area contributed by atoms with E-state index in [-0.39, 0.29) is 5.92 Å². The standard InChI is InChI=1S/C20H21N3O4S/c1-26-17-9-5-7-15(13-17)19-21-20(27-22-19)16-8-6-12-23(14-16)28(24,25)18-10-3-2-4-11-18/h2-5,7,9-11,13,16H,6,8,12,14H2,1H3/t16-/m1/s1. The van der Waals surface area contributed by atoms with Crippen LogP contribution < -0.4 is 4.74 Å². The van der Waals surface area contributed by atoms with Crippen molar-refractivity contribution in [3.63, 3.8) is 0 Å². The minimum Gasteiger partial charge on any atom is -0.497 e. The molecule has 28 heavy (non-hydrogen) atoms. The molecule has 1 aliphatic heterocycles. The molecule has 1 aromatic heterocycles. The monoisotopic (exact) mass is 399 g/mol. The van der Waals surface area contributed by atoms with Gasteiger partial charge < -0.3 is 9.26 Å². The van der Waals surface area contributed by atoms with Crippen LogP contribution in [0, 0.1) is 0 Å². The number of rotatable bonds is 5. The minimum atomic E-state index is -3.53. The second-order valence-electron chi connectivity index (χ2n) is 6.70. The lowest BCUT2D eigenvalue weighted by Gasteiger charge is -2.30. The number of aromatic nitrogens is 2. The normalized spacial score (nSPS) is 18.1. The summed E-state index contributed by atoms with van der Waals surface area (Å²) in [6.07, 6.45) is 1.55. The summed E-state index contributed by atoms with van der Waals surface area (Å²) in [6.45, 7) is 0.821. The highest BCUT2D eigenvalue weighted by Crippen LogP contribution is 2.31. The van der Waals surface area contributed by atoms with Gasteiger partial charge in [0.15, 0.2) is 0 Å². The maximum absolute atomic E-state index is 12.9. The molecule has 4 rings (SSSR count). The molecule has 3 aromatic rings. The third kappa shape index (κ3) is 3.65. The molecule has 8 heteroatoms. The molecule has 1 atom stereocenters. The van der Waals surface area contributed by atoms with Crippen molar-refractivity contribution < 1.29 is 17.7 Å². The molecule has 0 N–H and O–H groups in total. The molecule has 1 fully saturated rings. The van der Waals surface area contributed by atoms with E-state index >= 15 is 0 Å². The van der Waals surface area contributed by atoms with E-state index in [0.29, 0.717) is 35.4 Å². The molecule has 0 amide bonds. The third-order valence-corrected chi connectivity index (χ3v) is 6.76. The van der Waals surface area contributed by atoms with Crippen molar-refractivity contribution in [1.82, 2.24) is 14.4 Å². The molecule has 0 aliphatic carbocycles. The lowest BCUT2D eigenvalue weighted by molar-refractivity contribution is 0.265. The summed E-state index contributed by atoms with van der Waals surface area (Å²) in [7, 11) is -1.93. The SMILES string of the molecule is COc1cccc(-c2noc([C@@H]3CCCN(S(=O)(=O)c4ccccc4)C3)n2)c1. The van der Waals surface area contributed by atoms with E-state index in [0.717, 1.165) is 18.4 Å². The second-order valence-corrected chi connectivity index (χ2v) is 8.64. The van der Waals surface area contributed by atoms with Gasteiger partial charge in [0.1, 0.15) is 5.75 Å². The summed E-state index contributed by atoms with van der Waals surface area (Å²) in [5.74, 6) is 1.52. The van der Waals surface area contributed by atoms with Crippen molar-refractivity contribution in [2.45, 2.75) is 23.7 Å². The summed E-state index contributed by atoms with van der Waals surface area (Å²) in [6, 6.07) is 15.9. The predicted octanol–water partition coefficient (Wildman–Crippen LogP) is 3.31. The van der Waals surface area contributed by atoms with E-state index in [1.807, 2.05) is 24.3 Å². The Balaban J connectivity index is 1.55. The Morgan fingerprint density at radius 1 is 1.14 bits per heavy atom. The predicted molar refractivity (Wildman–Crippen MR) is 103 cm³/mol. The first-order chi connectivity index (χ1) is 13.6. The first kappa shape index (κ1) is 18.6. The number of ether oxygens (including phenoxy) is 1. The van der Waals surface area contributed by atoms with Crippen molar-refractivity contribution in [2.75, 3.05) is 20.2 Å². The second kappa shape index (κ2) is 7.73. The van der Waals surface area contributed by atoms with E-state index in [2.05, 4.69) is 10.1 Å². The Morgan fingerprint density at radius 3 is 2.75 bits per heavy atom.